The fraction of sp³-hybridized carbons (Fsp3) is 0.333. The number of fused-ring (bicyclic) bond motifs is 1. The van der Waals surface area contributed by atoms with Crippen LogP contribution in [0.1, 0.15) is 12.8 Å². The molecule has 0 aliphatic heterocycles. The SMILES string of the molecule is C#CCn1c(=O)c2c(nc(-c3ccc(OC)c(OC)c3)n2C)n(CCCC#N)c1=O. The Kier molecular flexibility index (Phi) is 5.93. The largest absolute Gasteiger partial charge is 0.493 e. The maximum Gasteiger partial charge on any atom is 0.333 e. The van der Waals surface area contributed by atoms with Crippen LogP contribution < -0.4 is 20.7 Å². The van der Waals surface area contributed by atoms with Gasteiger partial charge >= 0.3 is 5.69 Å². The van der Waals surface area contributed by atoms with Crippen molar-refractivity contribution in [3.8, 4) is 41.3 Å². The first-order chi connectivity index (χ1) is 14.5. The van der Waals surface area contributed by atoms with E-state index in [0.717, 1.165) is 4.57 Å². The summed E-state index contributed by atoms with van der Waals surface area (Å²) in [6, 6.07) is 7.34. The first-order valence-corrected chi connectivity index (χ1v) is 9.21. The van der Waals surface area contributed by atoms with Crippen molar-refractivity contribution in [1.82, 2.24) is 18.7 Å². The monoisotopic (exact) mass is 407 g/mol. The van der Waals surface area contributed by atoms with Crippen molar-refractivity contribution >= 4 is 11.2 Å². The number of aromatic nitrogens is 4. The van der Waals surface area contributed by atoms with Gasteiger partial charge in [0.25, 0.3) is 5.56 Å². The van der Waals surface area contributed by atoms with Crippen LogP contribution >= 0.6 is 0 Å². The van der Waals surface area contributed by atoms with Gasteiger partial charge in [-0.15, -0.1) is 6.42 Å². The highest BCUT2D eigenvalue weighted by atomic mass is 16.5. The Bertz CT molecular complexity index is 1300. The molecule has 0 atom stereocenters. The van der Waals surface area contributed by atoms with Crippen LogP contribution in [0.4, 0.5) is 0 Å². The van der Waals surface area contributed by atoms with Gasteiger partial charge in [-0.3, -0.25) is 9.36 Å². The molecule has 3 aromatic rings. The summed E-state index contributed by atoms with van der Waals surface area (Å²) in [6.45, 7) is 0.0961. The van der Waals surface area contributed by atoms with Crippen molar-refractivity contribution in [2.24, 2.45) is 7.05 Å². The van der Waals surface area contributed by atoms with Crippen LogP contribution in [0.15, 0.2) is 27.8 Å². The quantitative estimate of drug-likeness (QED) is 0.434. The van der Waals surface area contributed by atoms with E-state index in [1.807, 2.05) is 0 Å². The van der Waals surface area contributed by atoms with E-state index in [-0.39, 0.29) is 30.7 Å². The molecule has 1 aromatic carbocycles. The Morgan fingerprint density at radius 1 is 1.17 bits per heavy atom. The minimum atomic E-state index is -0.541. The van der Waals surface area contributed by atoms with Crippen molar-refractivity contribution < 1.29 is 9.47 Å². The van der Waals surface area contributed by atoms with Gasteiger partial charge in [0, 0.05) is 25.6 Å². The molecule has 0 aliphatic rings. The van der Waals surface area contributed by atoms with Crippen LogP contribution in [0, 0.1) is 23.7 Å². The third-order valence-electron chi connectivity index (χ3n) is 4.80. The summed E-state index contributed by atoms with van der Waals surface area (Å²) in [7, 11) is 4.77. The Labute approximate surface area is 172 Å². The number of imidazole rings is 1. The van der Waals surface area contributed by atoms with Gasteiger partial charge < -0.3 is 14.0 Å². The Morgan fingerprint density at radius 2 is 1.90 bits per heavy atom. The van der Waals surface area contributed by atoms with E-state index in [1.165, 1.54) is 11.7 Å². The van der Waals surface area contributed by atoms with E-state index in [2.05, 4.69) is 17.0 Å². The average Bonchev–Trinajstić information content (AvgIpc) is 3.10. The molecule has 0 aliphatic carbocycles. The first kappa shape index (κ1) is 20.7. The molecule has 0 amide bonds. The number of terminal acetylenes is 1. The normalized spacial score (nSPS) is 10.6. The number of hydrogen-bond donors (Lipinski definition) is 0. The summed E-state index contributed by atoms with van der Waals surface area (Å²) < 4.78 is 14.7. The summed E-state index contributed by atoms with van der Waals surface area (Å²) >= 11 is 0. The lowest BCUT2D eigenvalue weighted by molar-refractivity contribution is 0.355. The number of rotatable bonds is 7. The summed E-state index contributed by atoms with van der Waals surface area (Å²) in [5, 5.41) is 8.84. The fourth-order valence-electron chi connectivity index (χ4n) is 3.34. The number of hydrogen-bond acceptors (Lipinski definition) is 6. The van der Waals surface area contributed by atoms with E-state index in [4.69, 9.17) is 21.2 Å². The standard InChI is InChI=1S/C21H21N5O4/c1-5-11-26-20(27)17-19(25(21(26)28)12-7-6-10-22)23-18(24(17)2)14-8-9-15(29-3)16(13-14)30-4/h1,8-9,13H,6-7,11-12H2,2-4H3. The van der Waals surface area contributed by atoms with E-state index in [0.29, 0.717) is 29.3 Å². The molecule has 0 N–H and O–H groups in total. The minimum absolute atomic E-state index is 0.150. The van der Waals surface area contributed by atoms with E-state index >= 15 is 0 Å². The molecule has 3 rings (SSSR count). The van der Waals surface area contributed by atoms with Crippen LogP contribution in [0.25, 0.3) is 22.6 Å². The number of nitriles is 1. The predicted octanol–water partition coefficient (Wildman–Crippen LogP) is 1.52. The molecular formula is C21H21N5O4. The number of nitrogens with zero attached hydrogens (tertiary/aromatic N) is 5. The lowest BCUT2D eigenvalue weighted by atomic mass is 10.2. The van der Waals surface area contributed by atoms with Crippen molar-refractivity contribution in [1.29, 1.82) is 5.26 Å². The topological polar surface area (TPSA) is 104 Å². The van der Waals surface area contributed by atoms with Crippen molar-refractivity contribution in [3.05, 3.63) is 39.0 Å². The first-order valence-electron chi connectivity index (χ1n) is 9.21. The Hall–Kier alpha value is -3.98. The van der Waals surface area contributed by atoms with Crippen LogP contribution in [0.5, 0.6) is 11.5 Å². The molecule has 30 heavy (non-hydrogen) atoms. The highest BCUT2D eigenvalue weighted by Gasteiger charge is 2.21. The van der Waals surface area contributed by atoms with Gasteiger partial charge in [-0.25, -0.2) is 14.3 Å². The highest BCUT2D eigenvalue weighted by Crippen LogP contribution is 2.32. The average molecular weight is 407 g/mol. The summed E-state index contributed by atoms with van der Waals surface area (Å²) in [5.41, 5.74) is 0.145. The van der Waals surface area contributed by atoms with Crippen LogP contribution in [-0.4, -0.2) is 32.9 Å². The molecule has 0 spiro atoms. The second kappa shape index (κ2) is 8.58. The molecule has 2 heterocycles. The van der Waals surface area contributed by atoms with Gasteiger partial charge in [-0.2, -0.15) is 5.26 Å². The summed E-state index contributed by atoms with van der Waals surface area (Å²) in [6.07, 6.45) is 6.08. The maximum atomic E-state index is 13.0. The Balaban J connectivity index is 2.31. The van der Waals surface area contributed by atoms with Gasteiger partial charge in [0.2, 0.25) is 0 Å². The van der Waals surface area contributed by atoms with Gasteiger partial charge in [-0.1, -0.05) is 5.92 Å². The third-order valence-corrected chi connectivity index (χ3v) is 4.80. The molecule has 9 nitrogen and oxygen atoms in total. The number of ether oxygens (including phenoxy) is 2. The smallest absolute Gasteiger partial charge is 0.333 e. The highest BCUT2D eigenvalue weighted by molar-refractivity contribution is 5.77. The summed E-state index contributed by atoms with van der Waals surface area (Å²) in [4.78, 5) is 30.5. The van der Waals surface area contributed by atoms with Gasteiger partial charge in [0.1, 0.15) is 5.82 Å². The molecule has 9 heteroatoms. The molecular weight excluding hydrogens is 386 g/mol. The number of benzene rings is 1. The zero-order valence-corrected chi connectivity index (χ0v) is 17.0. The zero-order valence-electron chi connectivity index (χ0n) is 17.0. The number of unbranched alkanes of at least 4 members (excludes halogenated alkanes) is 1. The molecule has 0 bridgehead atoms. The second-order valence-electron chi connectivity index (χ2n) is 6.53. The van der Waals surface area contributed by atoms with Gasteiger partial charge in [-0.05, 0) is 24.6 Å². The molecule has 0 radical (unpaired) electrons. The molecule has 0 saturated carbocycles. The van der Waals surface area contributed by atoms with E-state index < -0.39 is 11.2 Å². The van der Waals surface area contributed by atoms with E-state index in [1.54, 1.807) is 36.9 Å². The van der Waals surface area contributed by atoms with Gasteiger partial charge in [0.05, 0.1) is 26.8 Å². The molecule has 0 saturated heterocycles. The molecule has 2 aromatic heterocycles. The molecule has 0 unspecified atom stereocenters. The zero-order chi connectivity index (χ0) is 21.8. The van der Waals surface area contributed by atoms with Crippen LogP contribution in [-0.2, 0) is 20.1 Å². The minimum Gasteiger partial charge on any atom is -0.493 e. The predicted molar refractivity (Wildman–Crippen MR) is 111 cm³/mol. The number of aryl methyl sites for hydroxylation is 2. The lowest BCUT2D eigenvalue weighted by Crippen LogP contribution is -2.40. The van der Waals surface area contributed by atoms with E-state index in [9.17, 15) is 9.59 Å². The summed E-state index contributed by atoms with van der Waals surface area (Å²) in [5.74, 6) is 3.90. The Morgan fingerprint density at radius 3 is 2.53 bits per heavy atom. The van der Waals surface area contributed by atoms with Crippen molar-refractivity contribution in [2.45, 2.75) is 25.9 Å². The molecule has 0 fully saturated rings. The van der Waals surface area contributed by atoms with Gasteiger partial charge in [0.15, 0.2) is 22.7 Å². The van der Waals surface area contributed by atoms with Crippen LogP contribution in [0.2, 0.25) is 0 Å². The maximum absolute atomic E-state index is 13.0. The fourth-order valence-corrected chi connectivity index (χ4v) is 3.34. The number of methoxy groups -OCH3 is 2. The van der Waals surface area contributed by atoms with Crippen molar-refractivity contribution in [2.75, 3.05) is 14.2 Å². The van der Waals surface area contributed by atoms with Crippen molar-refractivity contribution in [3.63, 3.8) is 0 Å². The third kappa shape index (κ3) is 3.42. The molecule has 154 valence electrons. The lowest BCUT2D eigenvalue weighted by Gasteiger charge is -2.10. The second-order valence-corrected chi connectivity index (χ2v) is 6.53. The van der Waals surface area contributed by atoms with Crippen LogP contribution in [0.3, 0.4) is 0 Å².